The lowest BCUT2D eigenvalue weighted by molar-refractivity contribution is 0.102. The van der Waals surface area contributed by atoms with E-state index in [1.54, 1.807) is 12.1 Å². The summed E-state index contributed by atoms with van der Waals surface area (Å²) in [5.74, 6) is -1.61. The predicted octanol–water partition coefficient (Wildman–Crippen LogP) is 3.21. The molecule has 2 aromatic carbocycles. The first-order chi connectivity index (χ1) is 12.4. The minimum absolute atomic E-state index is 0.0124. The minimum atomic E-state index is -3.70. The van der Waals surface area contributed by atoms with Gasteiger partial charge in [0, 0.05) is 0 Å². The molecule has 1 N–H and O–H groups in total. The Bertz CT molecular complexity index is 1060. The third-order valence-corrected chi connectivity index (χ3v) is 6.57. The highest BCUT2D eigenvalue weighted by Crippen LogP contribution is 2.25. The van der Waals surface area contributed by atoms with Crippen LogP contribution in [0.4, 0.5) is 9.52 Å². The first-order valence-corrected chi connectivity index (χ1v) is 10.0. The standard InChI is InChI=1S/C17H14FN3O3S2/c1-11-6-2-3-7-12(11)10-26(23,24)17-21-20-16(25-17)19-15(22)13-8-4-5-9-14(13)18/h2-9H,10H2,1H3,(H,19,20,22). The van der Waals surface area contributed by atoms with Crippen LogP contribution >= 0.6 is 11.3 Å². The maximum atomic E-state index is 13.6. The monoisotopic (exact) mass is 391 g/mol. The van der Waals surface area contributed by atoms with Crippen molar-refractivity contribution in [2.75, 3.05) is 5.32 Å². The maximum absolute atomic E-state index is 13.6. The highest BCUT2D eigenvalue weighted by molar-refractivity contribution is 7.92. The van der Waals surface area contributed by atoms with Gasteiger partial charge < -0.3 is 0 Å². The molecule has 1 heterocycles. The van der Waals surface area contributed by atoms with Gasteiger partial charge in [-0.2, -0.15) is 0 Å². The van der Waals surface area contributed by atoms with Gasteiger partial charge in [-0.25, -0.2) is 12.8 Å². The molecule has 0 fully saturated rings. The zero-order chi connectivity index (χ0) is 18.7. The average Bonchev–Trinajstić information content (AvgIpc) is 3.06. The number of carbonyl (C=O) groups excluding carboxylic acids is 1. The van der Waals surface area contributed by atoms with Crippen LogP contribution in [0, 0.1) is 12.7 Å². The second-order valence-electron chi connectivity index (χ2n) is 5.49. The van der Waals surface area contributed by atoms with E-state index < -0.39 is 21.6 Å². The zero-order valence-electron chi connectivity index (χ0n) is 13.6. The number of nitrogens with zero attached hydrogens (tertiary/aromatic N) is 2. The van der Waals surface area contributed by atoms with Crippen molar-refractivity contribution in [3.8, 4) is 0 Å². The molecule has 0 atom stereocenters. The van der Waals surface area contributed by atoms with Crippen molar-refractivity contribution >= 4 is 32.2 Å². The number of hydrogen-bond acceptors (Lipinski definition) is 6. The number of benzene rings is 2. The summed E-state index contributed by atoms with van der Waals surface area (Å²) in [5.41, 5.74) is 1.36. The van der Waals surface area contributed by atoms with Crippen LogP contribution in [0.1, 0.15) is 21.5 Å². The molecule has 9 heteroatoms. The molecule has 0 spiro atoms. The third kappa shape index (κ3) is 3.94. The molecule has 1 aromatic heterocycles. The Labute approximate surface area is 153 Å². The number of carbonyl (C=O) groups is 1. The normalized spacial score (nSPS) is 11.3. The topological polar surface area (TPSA) is 89.0 Å². The summed E-state index contributed by atoms with van der Waals surface area (Å²) >= 11 is 0.729. The molecule has 6 nitrogen and oxygen atoms in total. The van der Waals surface area contributed by atoms with Gasteiger partial charge in [0.25, 0.3) is 5.91 Å². The lowest BCUT2D eigenvalue weighted by atomic mass is 10.1. The molecule has 0 unspecified atom stereocenters. The molecular weight excluding hydrogens is 377 g/mol. The Balaban J connectivity index is 1.78. The van der Waals surface area contributed by atoms with E-state index >= 15 is 0 Å². The van der Waals surface area contributed by atoms with E-state index in [1.807, 2.05) is 19.1 Å². The zero-order valence-corrected chi connectivity index (χ0v) is 15.3. The predicted molar refractivity (Wildman–Crippen MR) is 96.3 cm³/mol. The molecule has 0 aliphatic heterocycles. The number of anilines is 1. The Morgan fingerprint density at radius 3 is 2.54 bits per heavy atom. The summed E-state index contributed by atoms with van der Waals surface area (Å²) in [6, 6.07) is 12.6. The van der Waals surface area contributed by atoms with Crippen molar-refractivity contribution in [2.45, 2.75) is 17.0 Å². The summed E-state index contributed by atoms with van der Waals surface area (Å²) in [4.78, 5) is 12.1. The highest BCUT2D eigenvalue weighted by Gasteiger charge is 2.23. The highest BCUT2D eigenvalue weighted by atomic mass is 32.2. The number of amides is 1. The Kier molecular flexibility index (Phi) is 5.10. The van der Waals surface area contributed by atoms with Crippen LogP contribution in [0.25, 0.3) is 0 Å². The van der Waals surface area contributed by atoms with Gasteiger partial charge in [-0.1, -0.05) is 47.7 Å². The van der Waals surface area contributed by atoms with Crippen LogP contribution in [0.15, 0.2) is 52.9 Å². The van der Waals surface area contributed by atoms with Crippen LogP contribution in [0.2, 0.25) is 0 Å². The van der Waals surface area contributed by atoms with E-state index in [4.69, 9.17) is 0 Å². The number of aromatic nitrogens is 2. The molecule has 0 radical (unpaired) electrons. The van der Waals surface area contributed by atoms with Gasteiger partial charge in [0.2, 0.25) is 19.3 Å². The van der Waals surface area contributed by atoms with Gasteiger partial charge in [0.05, 0.1) is 11.3 Å². The molecule has 134 valence electrons. The lowest BCUT2D eigenvalue weighted by Gasteiger charge is -2.04. The second-order valence-corrected chi connectivity index (χ2v) is 8.63. The first-order valence-electron chi connectivity index (χ1n) is 7.53. The quantitative estimate of drug-likeness (QED) is 0.675. The molecule has 3 aromatic rings. The molecule has 0 aliphatic rings. The van der Waals surface area contributed by atoms with E-state index in [2.05, 4.69) is 15.5 Å². The van der Waals surface area contributed by atoms with E-state index in [-0.39, 0.29) is 20.8 Å². The van der Waals surface area contributed by atoms with E-state index in [0.29, 0.717) is 5.56 Å². The number of nitrogens with one attached hydrogen (secondary N) is 1. The maximum Gasteiger partial charge on any atom is 0.260 e. The number of sulfone groups is 1. The van der Waals surface area contributed by atoms with Gasteiger partial charge in [0.15, 0.2) is 0 Å². The van der Waals surface area contributed by atoms with E-state index in [9.17, 15) is 17.6 Å². The van der Waals surface area contributed by atoms with Crippen molar-refractivity contribution in [2.24, 2.45) is 0 Å². The van der Waals surface area contributed by atoms with E-state index in [0.717, 1.165) is 23.0 Å². The molecular formula is C17H14FN3O3S2. The fraction of sp³-hybridized carbons (Fsp3) is 0.118. The summed E-state index contributed by atoms with van der Waals surface area (Å²) in [6.07, 6.45) is 0. The number of aryl methyl sites for hydroxylation is 1. The second kappa shape index (κ2) is 7.30. The van der Waals surface area contributed by atoms with Crippen LogP contribution < -0.4 is 5.32 Å². The van der Waals surface area contributed by atoms with Crippen LogP contribution in [-0.4, -0.2) is 24.5 Å². The largest absolute Gasteiger partial charge is 0.296 e. The van der Waals surface area contributed by atoms with Gasteiger partial charge in [0.1, 0.15) is 5.82 Å². The van der Waals surface area contributed by atoms with Gasteiger partial charge in [-0.05, 0) is 30.2 Å². The molecule has 0 aliphatic carbocycles. The molecule has 3 rings (SSSR count). The molecule has 1 amide bonds. The first kappa shape index (κ1) is 18.2. The Hall–Kier alpha value is -2.65. The number of halogens is 1. The van der Waals surface area contributed by atoms with Gasteiger partial charge in [-0.3, -0.25) is 10.1 Å². The summed E-state index contributed by atoms with van der Waals surface area (Å²) < 4.78 is 38.4. The fourth-order valence-corrected chi connectivity index (χ4v) is 4.65. The van der Waals surface area contributed by atoms with Gasteiger partial charge in [-0.15, -0.1) is 10.2 Å². The van der Waals surface area contributed by atoms with Crippen LogP contribution in [0.5, 0.6) is 0 Å². The number of hydrogen-bond donors (Lipinski definition) is 1. The van der Waals surface area contributed by atoms with Crippen molar-refractivity contribution in [3.05, 3.63) is 71.0 Å². The van der Waals surface area contributed by atoms with E-state index in [1.165, 1.54) is 18.2 Å². The van der Waals surface area contributed by atoms with Crippen molar-refractivity contribution in [1.29, 1.82) is 0 Å². The van der Waals surface area contributed by atoms with Crippen LogP contribution in [0.3, 0.4) is 0 Å². The smallest absolute Gasteiger partial charge is 0.260 e. The van der Waals surface area contributed by atoms with Crippen molar-refractivity contribution in [3.63, 3.8) is 0 Å². The summed E-state index contributed by atoms with van der Waals surface area (Å²) in [5, 5.41) is 9.69. The molecule has 26 heavy (non-hydrogen) atoms. The Morgan fingerprint density at radius 2 is 1.81 bits per heavy atom. The summed E-state index contributed by atoms with van der Waals surface area (Å²) in [7, 11) is -3.70. The molecule has 0 saturated carbocycles. The lowest BCUT2D eigenvalue weighted by Crippen LogP contribution is -2.13. The minimum Gasteiger partial charge on any atom is -0.296 e. The fourth-order valence-electron chi connectivity index (χ4n) is 2.23. The van der Waals surface area contributed by atoms with Crippen molar-refractivity contribution in [1.82, 2.24) is 10.2 Å². The number of rotatable bonds is 5. The Morgan fingerprint density at radius 1 is 1.12 bits per heavy atom. The summed E-state index contributed by atoms with van der Waals surface area (Å²) in [6.45, 7) is 1.82. The molecule has 0 saturated heterocycles. The SMILES string of the molecule is Cc1ccccc1CS(=O)(=O)c1nnc(NC(=O)c2ccccc2F)s1. The third-order valence-electron chi connectivity index (χ3n) is 3.62. The van der Waals surface area contributed by atoms with Crippen LogP contribution in [-0.2, 0) is 15.6 Å². The van der Waals surface area contributed by atoms with Gasteiger partial charge >= 0.3 is 0 Å². The van der Waals surface area contributed by atoms with Crippen molar-refractivity contribution < 1.29 is 17.6 Å². The average molecular weight is 391 g/mol. The molecule has 0 bridgehead atoms.